The highest BCUT2D eigenvalue weighted by Gasteiger charge is 2.41. The van der Waals surface area contributed by atoms with Crippen LogP contribution < -0.4 is 11.1 Å². The lowest BCUT2D eigenvalue weighted by molar-refractivity contribution is 0.609. The predicted molar refractivity (Wildman–Crippen MR) is 92.5 cm³/mol. The molecule has 0 radical (unpaired) electrons. The molecule has 0 aliphatic heterocycles. The Morgan fingerprint density at radius 3 is 2.90 bits per heavy atom. The van der Waals surface area contributed by atoms with E-state index in [0.29, 0.717) is 16.5 Å². The van der Waals surface area contributed by atoms with E-state index < -0.39 is 0 Å². The molecule has 1 aromatic rings. The number of benzene rings is 1. The van der Waals surface area contributed by atoms with Crippen molar-refractivity contribution in [2.24, 2.45) is 10.7 Å². The molecule has 3 unspecified atom stereocenters. The molecular formula is C14H20ClFIN3. The third-order valence-electron chi connectivity index (χ3n) is 3.44. The normalized spacial score (nSPS) is 22.9. The first-order valence-corrected chi connectivity index (χ1v) is 6.94. The van der Waals surface area contributed by atoms with Crippen LogP contribution in [0.3, 0.4) is 0 Å². The summed E-state index contributed by atoms with van der Waals surface area (Å²) in [5.74, 6) is 0.212. The van der Waals surface area contributed by atoms with Crippen molar-refractivity contribution in [1.29, 1.82) is 0 Å². The molecule has 1 fully saturated rings. The molecular weight excluding hydrogens is 392 g/mol. The summed E-state index contributed by atoms with van der Waals surface area (Å²) < 4.78 is 13.7. The summed E-state index contributed by atoms with van der Waals surface area (Å²) in [7, 11) is 0. The Bertz CT molecular complexity index is 475. The third kappa shape index (κ3) is 4.22. The van der Waals surface area contributed by atoms with Crippen LogP contribution in [0.15, 0.2) is 23.2 Å². The first-order valence-electron chi connectivity index (χ1n) is 6.56. The fourth-order valence-electron chi connectivity index (χ4n) is 2.07. The van der Waals surface area contributed by atoms with Crippen molar-refractivity contribution >= 4 is 41.5 Å². The molecule has 0 bridgehead atoms. The molecule has 1 aromatic carbocycles. The summed E-state index contributed by atoms with van der Waals surface area (Å²) in [6.07, 6.45) is 1.77. The Morgan fingerprint density at radius 2 is 2.30 bits per heavy atom. The van der Waals surface area contributed by atoms with Crippen molar-refractivity contribution in [3.8, 4) is 0 Å². The van der Waals surface area contributed by atoms with E-state index in [2.05, 4.69) is 17.2 Å². The summed E-state index contributed by atoms with van der Waals surface area (Å²) in [4.78, 5) is 4.37. The maximum atomic E-state index is 13.7. The molecule has 20 heavy (non-hydrogen) atoms. The zero-order chi connectivity index (χ0) is 14.0. The van der Waals surface area contributed by atoms with Crippen LogP contribution in [-0.2, 0) is 0 Å². The number of guanidine groups is 1. The molecule has 112 valence electrons. The highest BCUT2D eigenvalue weighted by Crippen LogP contribution is 2.46. The van der Waals surface area contributed by atoms with E-state index in [0.717, 1.165) is 12.8 Å². The van der Waals surface area contributed by atoms with Gasteiger partial charge in [0.2, 0.25) is 0 Å². The van der Waals surface area contributed by atoms with Gasteiger partial charge in [-0.3, -0.25) is 0 Å². The second-order valence-corrected chi connectivity index (χ2v) is 5.42. The van der Waals surface area contributed by atoms with E-state index in [4.69, 9.17) is 17.3 Å². The molecule has 1 aliphatic carbocycles. The van der Waals surface area contributed by atoms with Crippen LogP contribution >= 0.6 is 35.6 Å². The molecule has 0 saturated heterocycles. The summed E-state index contributed by atoms with van der Waals surface area (Å²) in [5.41, 5.74) is 6.38. The fraction of sp³-hybridized carbons (Fsp3) is 0.500. The topological polar surface area (TPSA) is 50.4 Å². The minimum Gasteiger partial charge on any atom is -0.370 e. The van der Waals surface area contributed by atoms with Gasteiger partial charge in [-0.25, -0.2) is 9.38 Å². The van der Waals surface area contributed by atoms with E-state index >= 15 is 0 Å². The molecule has 6 heteroatoms. The Kier molecular flexibility index (Phi) is 6.51. The molecule has 0 heterocycles. The summed E-state index contributed by atoms with van der Waals surface area (Å²) in [5, 5.41) is 3.57. The molecule has 1 saturated carbocycles. The maximum absolute atomic E-state index is 13.7. The van der Waals surface area contributed by atoms with Gasteiger partial charge in [-0.1, -0.05) is 24.6 Å². The van der Waals surface area contributed by atoms with Gasteiger partial charge in [0, 0.05) is 22.5 Å². The molecule has 0 aromatic heterocycles. The van der Waals surface area contributed by atoms with Crippen molar-refractivity contribution < 1.29 is 4.39 Å². The number of hydrogen-bond donors (Lipinski definition) is 2. The fourth-order valence-corrected chi connectivity index (χ4v) is 2.37. The average molecular weight is 412 g/mol. The number of nitrogens with one attached hydrogen (secondary N) is 1. The van der Waals surface area contributed by atoms with Crippen molar-refractivity contribution in [1.82, 2.24) is 5.32 Å². The highest BCUT2D eigenvalue weighted by atomic mass is 127. The summed E-state index contributed by atoms with van der Waals surface area (Å²) in [6, 6.07) is 5.07. The van der Waals surface area contributed by atoms with E-state index in [1.54, 1.807) is 12.1 Å². The second-order valence-electron chi connectivity index (χ2n) is 5.01. The van der Waals surface area contributed by atoms with Crippen LogP contribution in [0.25, 0.3) is 0 Å². The SMILES string of the molecule is CCC(C)NC(N)=NC1CC1c1c(F)cccc1Cl.I. The van der Waals surface area contributed by atoms with Crippen molar-refractivity contribution in [3.05, 3.63) is 34.6 Å². The first-order chi connectivity index (χ1) is 9.02. The van der Waals surface area contributed by atoms with Gasteiger partial charge in [-0.15, -0.1) is 24.0 Å². The van der Waals surface area contributed by atoms with Gasteiger partial charge in [-0.2, -0.15) is 0 Å². The van der Waals surface area contributed by atoms with Crippen molar-refractivity contribution in [3.63, 3.8) is 0 Å². The van der Waals surface area contributed by atoms with E-state index in [-0.39, 0.29) is 47.8 Å². The number of rotatable bonds is 4. The van der Waals surface area contributed by atoms with Gasteiger partial charge < -0.3 is 11.1 Å². The number of aliphatic imine (C=N–C) groups is 1. The number of nitrogens with zero attached hydrogens (tertiary/aromatic N) is 1. The lowest BCUT2D eigenvalue weighted by atomic mass is 10.1. The Hall–Kier alpha value is -0.560. The van der Waals surface area contributed by atoms with E-state index in [1.807, 2.05) is 6.92 Å². The van der Waals surface area contributed by atoms with Crippen LogP contribution in [0.2, 0.25) is 5.02 Å². The molecule has 1 aliphatic rings. The quantitative estimate of drug-likeness (QED) is 0.451. The van der Waals surface area contributed by atoms with Crippen molar-refractivity contribution in [2.75, 3.05) is 0 Å². The Labute approximate surface area is 141 Å². The van der Waals surface area contributed by atoms with Gasteiger partial charge in [0.05, 0.1) is 6.04 Å². The van der Waals surface area contributed by atoms with Crippen LogP contribution in [0, 0.1) is 5.82 Å². The minimum absolute atomic E-state index is 0. The largest absolute Gasteiger partial charge is 0.370 e. The lowest BCUT2D eigenvalue weighted by Gasteiger charge is -2.11. The Balaban J connectivity index is 0.00000200. The van der Waals surface area contributed by atoms with Gasteiger partial charge >= 0.3 is 0 Å². The first kappa shape index (κ1) is 17.5. The second kappa shape index (κ2) is 7.45. The number of hydrogen-bond acceptors (Lipinski definition) is 1. The maximum Gasteiger partial charge on any atom is 0.189 e. The van der Waals surface area contributed by atoms with Crippen LogP contribution in [-0.4, -0.2) is 18.0 Å². The Morgan fingerprint density at radius 1 is 1.60 bits per heavy atom. The summed E-state index contributed by atoms with van der Waals surface area (Å²) in [6.45, 7) is 4.12. The van der Waals surface area contributed by atoms with Gasteiger partial charge in [-0.05, 0) is 31.9 Å². The highest BCUT2D eigenvalue weighted by molar-refractivity contribution is 14.0. The standard InChI is InChI=1S/C14H19ClFN3.HI/c1-3-8(2)18-14(17)19-12-7-9(12)13-10(15)5-4-6-11(13)16;/h4-6,8-9,12H,3,7H2,1-2H3,(H3,17,18,19);1H. The molecule has 0 spiro atoms. The van der Waals surface area contributed by atoms with Crippen molar-refractivity contribution in [2.45, 2.75) is 44.7 Å². The number of halogens is 3. The monoisotopic (exact) mass is 411 g/mol. The van der Waals surface area contributed by atoms with Crippen LogP contribution in [0.1, 0.15) is 38.2 Å². The summed E-state index contributed by atoms with van der Waals surface area (Å²) >= 11 is 6.04. The van der Waals surface area contributed by atoms with Crippen LogP contribution in [0.4, 0.5) is 4.39 Å². The predicted octanol–water partition coefficient (Wildman–Crippen LogP) is 3.66. The van der Waals surface area contributed by atoms with E-state index in [1.165, 1.54) is 6.07 Å². The average Bonchev–Trinajstić information content (AvgIpc) is 3.07. The zero-order valence-corrected chi connectivity index (χ0v) is 14.7. The molecule has 3 nitrogen and oxygen atoms in total. The molecule has 0 amide bonds. The smallest absolute Gasteiger partial charge is 0.189 e. The molecule has 2 rings (SSSR count). The molecule has 3 atom stereocenters. The lowest BCUT2D eigenvalue weighted by Crippen LogP contribution is -2.38. The molecule has 3 N–H and O–H groups in total. The number of nitrogens with two attached hydrogens (primary N) is 1. The minimum atomic E-state index is -0.261. The zero-order valence-electron chi connectivity index (χ0n) is 11.6. The van der Waals surface area contributed by atoms with Gasteiger partial charge in [0.25, 0.3) is 0 Å². The van der Waals surface area contributed by atoms with Gasteiger partial charge in [0.1, 0.15) is 5.82 Å². The third-order valence-corrected chi connectivity index (χ3v) is 3.77. The van der Waals surface area contributed by atoms with Crippen LogP contribution in [0.5, 0.6) is 0 Å². The van der Waals surface area contributed by atoms with E-state index in [9.17, 15) is 4.39 Å². The van der Waals surface area contributed by atoms with Gasteiger partial charge in [0.15, 0.2) is 5.96 Å².